The molecule has 27 heavy (non-hydrogen) atoms. The van der Waals surface area contributed by atoms with E-state index in [9.17, 15) is 23.5 Å². The average Bonchev–Trinajstić information content (AvgIpc) is 2.56. The molecule has 0 atom stereocenters. The van der Waals surface area contributed by atoms with Gasteiger partial charge in [0.1, 0.15) is 11.3 Å². The van der Waals surface area contributed by atoms with Crippen LogP contribution in [0.25, 0.3) is 10.4 Å². The molecule has 142 valence electrons. The highest BCUT2D eigenvalue weighted by atomic mass is 35.5. The van der Waals surface area contributed by atoms with Crippen LogP contribution in [0.2, 0.25) is 10.0 Å². The Hall–Kier alpha value is -1.97. The van der Waals surface area contributed by atoms with Gasteiger partial charge in [-0.3, -0.25) is 4.79 Å². The Morgan fingerprint density at radius 2 is 2.07 bits per heavy atom. The minimum atomic E-state index is -3.93. The zero-order chi connectivity index (χ0) is 20.4. The minimum absolute atomic E-state index is 0.0238. The van der Waals surface area contributed by atoms with Crippen LogP contribution in [0.4, 0.5) is 8.78 Å². The van der Waals surface area contributed by atoms with Crippen molar-refractivity contribution >= 4 is 52.5 Å². The Bertz CT molecular complexity index is 1020. The van der Waals surface area contributed by atoms with Crippen molar-refractivity contribution in [3.05, 3.63) is 65.9 Å². The molecule has 2 aromatic rings. The first kappa shape index (κ1) is 21.3. The molecule has 0 aliphatic carbocycles. The van der Waals surface area contributed by atoms with Crippen molar-refractivity contribution in [1.29, 1.82) is 0 Å². The lowest BCUT2D eigenvalue weighted by molar-refractivity contribution is 0.0686. The lowest BCUT2D eigenvalue weighted by Crippen LogP contribution is -2.23. The fraction of sp³-hybridized carbons (Fsp3) is 0.143. The summed E-state index contributed by atoms with van der Waals surface area (Å²) in [5.74, 6) is -1.64. The number of carbonyl (C=O) groups is 1. The van der Waals surface area contributed by atoms with E-state index < -0.39 is 28.2 Å². The molecule has 1 aromatic heterocycles. The molecule has 0 fully saturated rings. The number of alkyl halides is 3. The first-order valence-corrected chi connectivity index (χ1v) is 8.74. The van der Waals surface area contributed by atoms with E-state index in [0.29, 0.717) is 17.3 Å². The number of halogens is 5. The molecule has 1 aromatic carbocycles. The Kier molecular flexibility index (Phi) is 6.61. The maximum Gasteiger partial charge on any atom is 0.362 e. The number of hydrogen-bond donors (Lipinski definition) is 2. The number of carboxylic acids is 1. The standard InChI is InChI=1S/C14H7Cl3F2N4O3S/c15-6-2-1-5(4-21-23-20)10(16)11(6)27-7-3-8(14(17,18)19)22-12(24)9(7)13(25)26/h1-3H,4H2,(H,22,24)(H,25,26). The Labute approximate surface area is 168 Å². The molecule has 0 spiro atoms. The second kappa shape index (κ2) is 8.37. The lowest BCUT2D eigenvalue weighted by Gasteiger charge is -2.14. The van der Waals surface area contributed by atoms with Gasteiger partial charge in [-0.2, -0.15) is 8.78 Å². The van der Waals surface area contributed by atoms with Crippen molar-refractivity contribution < 1.29 is 18.7 Å². The third-order valence-corrected chi connectivity index (χ3v) is 5.51. The molecule has 7 nitrogen and oxygen atoms in total. The summed E-state index contributed by atoms with van der Waals surface area (Å²) in [5, 5.41) is 8.79. The summed E-state index contributed by atoms with van der Waals surface area (Å²) in [4.78, 5) is 27.4. The number of aromatic carboxylic acids is 1. The van der Waals surface area contributed by atoms with Crippen molar-refractivity contribution in [3.63, 3.8) is 0 Å². The van der Waals surface area contributed by atoms with Gasteiger partial charge in [0.05, 0.1) is 16.6 Å². The van der Waals surface area contributed by atoms with E-state index in [1.54, 1.807) is 4.98 Å². The summed E-state index contributed by atoms with van der Waals surface area (Å²) in [7, 11) is 0. The van der Waals surface area contributed by atoms with Crippen molar-refractivity contribution in [3.8, 4) is 0 Å². The highest BCUT2D eigenvalue weighted by molar-refractivity contribution is 7.99. The summed E-state index contributed by atoms with van der Waals surface area (Å²) in [6.07, 6.45) is 0. The predicted molar refractivity (Wildman–Crippen MR) is 97.2 cm³/mol. The lowest BCUT2D eigenvalue weighted by atomic mass is 10.2. The Morgan fingerprint density at radius 1 is 1.41 bits per heavy atom. The molecular formula is C14H7Cl3F2N4O3S. The van der Waals surface area contributed by atoms with Gasteiger partial charge in [-0.1, -0.05) is 46.1 Å². The summed E-state index contributed by atoms with van der Waals surface area (Å²) in [5.41, 5.74) is 5.75. The van der Waals surface area contributed by atoms with Gasteiger partial charge in [0.2, 0.25) is 0 Å². The van der Waals surface area contributed by atoms with Crippen LogP contribution in [0, 0.1) is 0 Å². The van der Waals surface area contributed by atoms with Crippen molar-refractivity contribution in [2.45, 2.75) is 21.7 Å². The zero-order valence-electron chi connectivity index (χ0n) is 12.8. The second-order valence-corrected chi connectivity index (χ2v) is 7.21. The van der Waals surface area contributed by atoms with Crippen LogP contribution in [0.3, 0.4) is 0 Å². The van der Waals surface area contributed by atoms with E-state index in [4.69, 9.17) is 40.3 Å². The van der Waals surface area contributed by atoms with E-state index >= 15 is 0 Å². The number of benzene rings is 1. The first-order chi connectivity index (χ1) is 12.6. The largest absolute Gasteiger partial charge is 0.477 e. The van der Waals surface area contributed by atoms with Gasteiger partial charge in [0.15, 0.2) is 0 Å². The van der Waals surface area contributed by atoms with Crippen LogP contribution in [0.1, 0.15) is 21.6 Å². The van der Waals surface area contributed by atoms with Crippen LogP contribution in [0.5, 0.6) is 0 Å². The number of H-pyrrole nitrogens is 1. The molecule has 0 unspecified atom stereocenters. The zero-order valence-corrected chi connectivity index (χ0v) is 15.9. The summed E-state index contributed by atoms with van der Waals surface area (Å²) in [6, 6.07) is 3.62. The molecule has 0 saturated heterocycles. The van der Waals surface area contributed by atoms with Crippen LogP contribution < -0.4 is 5.56 Å². The van der Waals surface area contributed by atoms with Crippen molar-refractivity contribution in [1.82, 2.24) is 4.98 Å². The van der Waals surface area contributed by atoms with Crippen LogP contribution in [-0.4, -0.2) is 16.1 Å². The molecule has 0 radical (unpaired) electrons. The molecule has 0 saturated carbocycles. The third kappa shape index (κ3) is 4.85. The summed E-state index contributed by atoms with van der Waals surface area (Å²) < 4.78 is 26.8. The summed E-state index contributed by atoms with van der Waals surface area (Å²) in [6.45, 7) is -0.119. The van der Waals surface area contributed by atoms with Crippen molar-refractivity contribution in [2.75, 3.05) is 0 Å². The number of azide groups is 1. The first-order valence-electron chi connectivity index (χ1n) is 6.79. The van der Waals surface area contributed by atoms with Crippen LogP contribution in [-0.2, 0) is 11.9 Å². The highest BCUT2D eigenvalue weighted by Gasteiger charge is 2.32. The van der Waals surface area contributed by atoms with E-state index in [1.807, 2.05) is 0 Å². The van der Waals surface area contributed by atoms with E-state index in [-0.39, 0.29) is 26.4 Å². The number of rotatable bonds is 6. The molecule has 2 N–H and O–H groups in total. The fourth-order valence-corrected chi connectivity index (χ4v) is 3.81. The van der Waals surface area contributed by atoms with Crippen molar-refractivity contribution in [2.24, 2.45) is 5.11 Å². The van der Waals surface area contributed by atoms with Gasteiger partial charge in [-0.15, -0.1) is 0 Å². The molecule has 2 rings (SSSR count). The predicted octanol–water partition coefficient (Wildman–Crippen LogP) is 5.63. The number of carboxylic acid groups (broad SMARTS) is 1. The Balaban J connectivity index is 2.66. The van der Waals surface area contributed by atoms with E-state index in [0.717, 1.165) is 6.07 Å². The van der Waals surface area contributed by atoms with E-state index in [2.05, 4.69) is 10.0 Å². The second-order valence-electron chi connectivity index (χ2n) is 4.89. The van der Waals surface area contributed by atoms with Crippen LogP contribution in [0.15, 0.2) is 37.9 Å². The number of hydrogen-bond acceptors (Lipinski definition) is 4. The molecule has 0 aliphatic rings. The van der Waals surface area contributed by atoms with Gasteiger partial charge in [0.25, 0.3) is 5.56 Å². The molecular weight excluding hydrogens is 449 g/mol. The normalized spacial score (nSPS) is 11.1. The van der Waals surface area contributed by atoms with Crippen LogP contribution >= 0.6 is 46.6 Å². The quantitative estimate of drug-likeness (QED) is 0.254. The maximum absolute atomic E-state index is 13.4. The average molecular weight is 456 g/mol. The monoisotopic (exact) mass is 454 g/mol. The smallest absolute Gasteiger partial charge is 0.362 e. The molecule has 1 heterocycles. The molecule has 13 heteroatoms. The highest BCUT2D eigenvalue weighted by Crippen LogP contribution is 2.42. The third-order valence-electron chi connectivity index (χ3n) is 3.16. The maximum atomic E-state index is 13.4. The van der Waals surface area contributed by atoms with E-state index in [1.165, 1.54) is 12.1 Å². The van der Waals surface area contributed by atoms with Gasteiger partial charge in [-0.05, 0) is 34.8 Å². The number of nitrogens with zero attached hydrogens (tertiary/aromatic N) is 3. The minimum Gasteiger partial charge on any atom is -0.477 e. The number of nitrogens with one attached hydrogen (secondary N) is 1. The van der Waals surface area contributed by atoms with Gasteiger partial charge in [-0.25, -0.2) is 4.79 Å². The molecule has 0 aliphatic heterocycles. The Morgan fingerprint density at radius 3 is 2.63 bits per heavy atom. The van der Waals surface area contributed by atoms with Gasteiger partial charge < -0.3 is 10.1 Å². The SMILES string of the molecule is [N-]=[N+]=NCc1ccc(Cl)c(Sc2cc(C(F)(F)Cl)[nH]c(=O)c2C(=O)O)c1Cl. The topological polar surface area (TPSA) is 119 Å². The summed E-state index contributed by atoms with van der Waals surface area (Å²) >= 11 is 17.8. The van der Waals surface area contributed by atoms with Gasteiger partial charge in [0, 0.05) is 14.7 Å². The van der Waals surface area contributed by atoms with Gasteiger partial charge >= 0.3 is 11.4 Å². The molecule has 0 amide bonds. The number of aromatic nitrogens is 1. The number of aromatic amines is 1. The molecule has 0 bridgehead atoms. The fourth-order valence-electron chi connectivity index (χ4n) is 1.98. The number of pyridine rings is 1.